The van der Waals surface area contributed by atoms with Crippen LogP contribution in [0.25, 0.3) is 44.5 Å². The van der Waals surface area contributed by atoms with E-state index in [4.69, 9.17) is 0 Å². The summed E-state index contributed by atoms with van der Waals surface area (Å²) in [4.78, 5) is 0. The maximum atomic E-state index is 2.29. The lowest BCUT2D eigenvalue weighted by atomic mass is 9.67. The van der Waals surface area contributed by atoms with Crippen molar-refractivity contribution in [2.75, 3.05) is 0 Å². The van der Waals surface area contributed by atoms with Gasteiger partial charge in [0, 0.05) is 0 Å². The molecular weight excluding hydrogens is 793 g/mol. The summed E-state index contributed by atoms with van der Waals surface area (Å²) in [6, 6.07) is 81.0. The molecule has 0 nitrogen and oxygen atoms in total. The minimum atomic E-state index is -0.262. The Labute approximate surface area is 396 Å². The fourth-order valence-electron chi connectivity index (χ4n) is 9.12. The molecule has 0 spiro atoms. The van der Waals surface area contributed by atoms with E-state index in [1.165, 1.54) is 107 Å². The van der Waals surface area contributed by atoms with Crippen molar-refractivity contribution in [2.45, 2.75) is 79.6 Å². The van der Waals surface area contributed by atoms with E-state index in [-0.39, 0.29) is 5.41 Å². The molecule has 0 atom stereocenters. The first-order chi connectivity index (χ1) is 32.3. The first kappa shape index (κ1) is 47.0. The van der Waals surface area contributed by atoms with Gasteiger partial charge in [0.1, 0.15) is 0 Å². The van der Waals surface area contributed by atoms with Gasteiger partial charge in [-0.15, -0.1) is 0 Å². The summed E-state index contributed by atoms with van der Waals surface area (Å²) in [5.74, 6) is 0. The average Bonchev–Trinajstić information content (AvgIpc) is 3.67. The van der Waals surface area contributed by atoms with Crippen LogP contribution >= 0.6 is 0 Å². The van der Waals surface area contributed by atoms with Crippen molar-refractivity contribution in [3.05, 3.63) is 275 Å². The first-order valence-corrected chi connectivity index (χ1v) is 24.0. The van der Waals surface area contributed by atoms with Gasteiger partial charge in [0.25, 0.3) is 0 Å². The molecule has 10 rings (SSSR count). The number of aryl methyl sites for hydroxylation is 5. The van der Waals surface area contributed by atoms with Crippen LogP contribution in [0, 0.1) is 27.7 Å². The molecular formula is C66H66. The highest BCUT2D eigenvalue weighted by Crippen LogP contribution is 2.55. The Hall–Kier alpha value is -7.02. The molecule has 9 aromatic rings. The maximum Gasteiger partial charge on any atom is 0.0713 e. The highest BCUT2D eigenvalue weighted by atomic mass is 14.5. The second-order valence-corrected chi connectivity index (χ2v) is 17.6. The molecule has 0 N–H and O–H groups in total. The second kappa shape index (κ2) is 22.7. The summed E-state index contributed by atoms with van der Waals surface area (Å²) >= 11 is 0. The Morgan fingerprint density at radius 3 is 1.23 bits per heavy atom. The van der Waals surface area contributed by atoms with E-state index in [0.29, 0.717) is 0 Å². The van der Waals surface area contributed by atoms with Crippen molar-refractivity contribution in [2.24, 2.45) is 0 Å². The zero-order chi connectivity index (χ0) is 46.3. The van der Waals surface area contributed by atoms with E-state index in [2.05, 4.69) is 267 Å². The molecule has 0 bridgehead atoms. The lowest BCUT2D eigenvalue weighted by Crippen LogP contribution is -2.28. The van der Waals surface area contributed by atoms with Gasteiger partial charge in [-0.1, -0.05) is 281 Å². The largest absolute Gasteiger partial charge is 0.0713 e. The Morgan fingerprint density at radius 1 is 0.303 bits per heavy atom. The minimum absolute atomic E-state index is 0.262. The molecule has 0 saturated heterocycles. The van der Waals surface area contributed by atoms with Gasteiger partial charge in [-0.25, -0.2) is 0 Å². The van der Waals surface area contributed by atoms with Gasteiger partial charge in [0.05, 0.1) is 5.41 Å². The van der Waals surface area contributed by atoms with Crippen LogP contribution in [-0.2, 0) is 11.8 Å². The fourth-order valence-corrected chi connectivity index (χ4v) is 9.12. The third kappa shape index (κ3) is 10.6. The van der Waals surface area contributed by atoms with Crippen molar-refractivity contribution in [3.63, 3.8) is 0 Å². The van der Waals surface area contributed by atoms with Gasteiger partial charge in [0.2, 0.25) is 0 Å². The lowest BCUT2D eigenvalue weighted by molar-refractivity contribution is 0.768. The van der Waals surface area contributed by atoms with Crippen molar-refractivity contribution < 1.29 is 0 Å². The van der Waals surface area contributed by atoms with Crippen LogP contribution in [0.4, 0.5) is 0 Å². The average molecular weight is 859 g/mol. The number of hydrogen-bond acceptors (Lipinski definition) is 0. The monoisotopic (exact) mass is 859 g/mol. The summed E-state index contributed by atoms with van der Waals surface area (Å²) < 4.78 is 0. The predicted octanol–water partition coefficient (Wildman–Crippen LogP) is 18.4. The summed E-state index contributed by atoms with van der Waals surface area (Å²) in [5, 5.41) is 0. The summed E-state index contributed by atoms with van der Waals surface area (Å²) in [7, 11) is 0. The topological polar surface area (TPSA) is 0 Å². The van der Waals surface area contributed by atoms with Crippen molar-refractivity contribution in [3.8, 4) is 44.5 Å². The van der Waals surface area contributed by atoms with E-state index in [1.807, 2.05) is 6.07 Å². The van der Waals surface area contributed by atoms with Crippen LogP contribution in [0.3, 0.4) is 0 Å². The van der Waals surface area contributed by atoms with Crippen LogP contribution in [0.1, 0.15) is 90.1 Å². The molecule has 1 aliphatic carbocycles. The van der Waals surface area contributed by atoms with Gasteiger partial charge in [-0.3, -0.25) is 0 Å². The van der Waals surface area contributed by atoms with Crippen LogP contribution < -0.4 is 0 Å². The zero-order valence-electron chi connectivity index (χ0n) is 40.2. The fraction of sp³-hybridized carbons (Fsp3) is 0.182. The standard InChI is InChI=1S/C26H20.C23H24.C13H12.C4H10/c1-19-15-17-21(18-16-19)26(20-9-3-2-4-10-20)24-13-7-5-11-22(24)23-12-6-8-14-25(23)26;1-4-8-20-10-7-12-22(19-15-13-17(2)14-16-19)23(20)21-11-6-5-9-18(21)3;1-11-7-9-13(10-8-11)12-5-3-2-4-6-12;1-3-4-2/h2-18H,1H3;5-7,9-16H,4,8H2,1-3H3;2-10H,1H3;3-4H2,1-2H3. The first-order valence-electron chi connectivity index (χ1n) is 24.0. The molecule has 0 unspecified atom stereocenters. The Kier molecular flexibility index (Phi) is 16.2. The van der Waals surface area contributed by atoms with Crippen LogP contribution in [0.2, 0.25) is 0 Å². The van der Waals surface area contributed by atoms with Crippen molar-refractivity contribution in [1.29, 1.82) is 0 Å². The number of hydrogen-bond donors (Lipinski definition) is 0. The summed E-state index contributed by atoms with van der Waals surface area (Å²) in [6.07, 6.45) is 4.92. The molecule has 0 aromatic heterocycles. The van der Waals surface area contributed by atoms with Gasteiger partial charge in [-0.2, -0.15) is 0 Å². The third-order valence-corrected chi connectivity index (χ3v) is 12.7. The van der Waals surface area contributed by atoms with E-state index >= 15 is 0 Å². The molecule has 0 fully saturated rings. The lowest BCUT2D eigenvalue weighted by Gasteiger charge is -2.33. The Bertz CT molecular complexity index is 2830. The quantitative estimate of drug-likeness (QED) is 0.143. The van der Waals surface area contributed by atoms with Crippen LogP contribution in [-0.4, -0.2) is 0 Å². The van der Waals surface area contributed by atoms with E-state index in [0.717, 1.165) is 12.8 Å². The summed E-state index contributed by atoms with van der Waals surface area (Å²) in [5.41, 5.74) is 22.4. The van der Waals surface area contributed by atoms with Gasteiger partial charge >= 0.3 is 0 Å². The molecule has 66 heavy (non-hydrogen) atoms. The van der Waals surface area contributed by atoms with Gasteiger partial charge in [0.15, 0.2) is 0 Å². The SMILES string of the molecule is CCCC.CCCc1cccc(-c2ccc(C)cc2)c1-c1ccccc1C.Cc1ccc(-c2ccccc2)cc1.Cc1ccc(C2(c3ccccc3)c3ccccc3-c3ccccc32)cc1. The van der Waals surface area contributed by atoms with E-state index in [1.54, 1.807) is 0 Å². The Balaban J connectivity index is 0.000000148. The normalized spacial score (nSPS) is 11.6. The number of benzene rings is 9. The number of fused-ring (bicyclic) bond motifs is 3. The van der Waals surface area contributed by atoms with Crippen LogP contribution in [0.5, 0.6) is 0 Å². The van der Waals surface area contributed by atoms with E-state index in [9.17, 15) is 0 Å². The van der Waals surface area contributed by atoms with Gasteiger partial charge in [-0.05, 0) is 112 Å². The minimum Gasteiger partial charge on any atom is -0.0654 e. The number of unbranched alkanes of at least 4 members (excludes halogenated alkanes) is 1. The maximum absolute atomic E-state index is 2.29. The number of rotatable bonds is 8. The highest BCUT2D eigenvalue weighted by Gasteiger charge is 2.45. The second-order valence-electron chi connectivity index (χ2n) is 17.6. The van der Waals surface area contributed by atoms with Crippen LogP contribution in [0.15, 0.2) is 224 Å². The Morgan fingerprint density at radius 2 is 0.712 bits per heavy atom. The molecule has 0 radical (unpaired) electrons. The molecule has 0 heteroatoms. The van der Waals surface area contributed by atoms with Crippen molar-refractivity contribution in [1.82, 2.24) is 0 Å². The molecule has 330 valence electrons. The van der Waals surface area contributed by atoms with E-state index < -0.39 is 0 Å². The summed E-state index contributed by atoms with van der Waals surface area (Å²) in [6.45, 7) is 15.2. The predicted molar refractivity (Wildman–Crippen MR) is 286 cm³/mol. The zero-order valence-corrected chi connectivity index (χ0v) is 40.2. The highest BCUT2D eigenvalue weighted by molar-refractivity contribution is 5.88. The third-order valence-electron chi connectivity index (χ3n) is 12.7. The van der Waals surface area contributed by atoms with Gasteiger partial charge < -0.3 is 0 Å². The molecule has 0 aliphatic heterocycles. The van der Waals surface area contributed by atoms with Crippen molar-refractivity contribution >= 4 is 0 Å². The molecule has 0 amide bonds. The molecule has 0 heterocycles. The molecule has 1 aliphatic rings. The molecule has 9 aromatic carbocycles. The smallest absolute Gasteiger partial charge is 0.0654 e. The molecule has 0 saturated carbocycles.